The summed E-state index contributed by atoms with van der Waals surface area (Å²) in [6.45, 7) is 1.03. The SMILES string of the molecule is N#CCSCC(=O)NCC1(O)CCOC1. The van der Waals surface area contributed by atoms with Crippen molar-refractivity contribution in [2.45, 2.75) is 12.0 Å². The third kappa shape index (κ3) is 4.51. The molecule has 1 amide bonds. The van der Waals surface area contributed by atoms with E-state index in [1.807, 2.05) is 6.07 Å². The summed E-state index contributed by atoms with van der Waals surface area (Å²) in [5.41, 5.74) is -0.907. The second kappa shape index (κ2) is 5.95. The van der Waals surface area contributed by atoms with Crippen LogP contribution in [0.2, 0.25) is 0 Å². The summed E-state index contributed by atoms with van der Waals surface area (Å²) in [4.78, 5) is 11.2. The normalized spacial score (nSPS) is 24.8. The first-order chi connectivity index (χ1) is 7.16. The van der Waals surface area contributed by atoms with Gasteiger partial charge in [-0.25, -0.2) is 0 Å². The van der Waals surface area contributed by atoms with Crippen molar-refractivity contribution >= 4 is 17.7 Å². The summed E-state index contributed by atoms with van der Waals surface area (Å²) in [6.07, 6.45) is 0.554. The Morgan fingerprint density at radius 1 is 1.73 bits per heavy atom. The van der Waals surface area contributed by atoms with Crippen LogP contribution in [-0.2, 0) is 9.53 Å². The molecule has 5 nitrogen and oxygen atoms in total. The second-order valence-electron chi connectivity index (χ2n) is 3.45. The van der Waals surface area contributed by atoms with Gasteiger partial charge in [0, 0.05) is 19.6 Å². The third-order valence-electron chi connectivity index (χ3n) is 2.10. The van der Waals surface area contributed by atoms with Crippen LogP contribution in [0.5, 0.6) is 0 Å². The first-order valence-corrected chi connectivity index (χ1v) is 5.83. The van der Waals surface area contributed by atoms with E-state index in [2.05, 4.69) is 5.32 Å². The van der Waals surface area contributed by atoms with E-state index in [1.54, 1.807) is 0 Å². The van der Waals surface area contributed by atoms with Gasteiger partial charge in [0.2, 0.25) is 5.91 Å². The monoisotopic (exact) mass is 230 g/mol. The Labute approximate surface area is 92.8 Å². The standard InChI is InChI=1S/C9H14N2O3S/c10-2-4-15-5-8(12)11-6-9(13)1-3-14-7-9/h13H,1,3-7H2,(H,11,12). The Morgan fingerprint density at radius 2 is 2.53 bits per heavy atom. The summed E-state index contributed by atoms with van der Waals surface area (Å²) in [6, 6.07) is 1.94. The zero-order valence-corrected chi connectivity index (χ0v) is 9.18. The van der Waals surface area contributed by atoms with Gasteiger partial charge in [-0.2, -0.15) is 5.26 Å². The quantitative estimate of drug-likeness (QED) is 0.623. The van der Waals surface area contributed by atoms with Crippen molar-refractivity contribution in [3.05, 3.63) is 0 Å². The van der Waals surface area contributed by atoms with Crippen LogP contribution >= 0.6 is 11.8 Å². The molecule has 0 spiro atoms. The molecule has 1 atom stereocenters. The number of amides is 1. The number of nitrogens with one attached hydrogen (secondary N) is 1. The lowest BCUT2D eigenvalue weighted by atomic mass is 10.0. The lowest BCUT2D eigenvalue weighted by Gasteiger charge is -2.20. The van der Waals surface area contributed by atoms with E-state index >= 15 is 0 Å². The minimum absolute atomic E-state index is 0.157. The number of carbonyl (C=O) groups excluding carboxylic acids is 1. The smallest absolute Gasteiger partial charge is 0.230 e. The highest BCUT2D eigenvalue weighted by Gasteiger charge is 2.32. The molecule has 0 aromatic carbocycles. The van der Waals surface area contributed by atoms with E-state index in [0.717, 1.165) is 0 Å². The minimum Gasteiger partial charge on any atom is -0.386 e. The Kier molecular flexibility index (Phi) is 4.88. The molecule has 1 unspecified atom stereocenters. The third-order valence-corrected chi connectivity index (χ3v) is 2.90. The molecule has 0 aromatic heterocycles. The molecule has 6 heteroatoms. The van der Waals surface area contributed by atoms with E-state index in [-0.39, 0.29) is 24.8 Å². The molecule has 1 aliphatic heterocycles. The zero-order chi connectivity index (χ0) is 11.1. The Hall–Kier alpha value is -0.770. The number of rotatable bonds is 5. The highest BCUT2D eigenvalue weighted by Crippen LogP contribution is 2.16. The van der Waals surface area contributed by atoms with Crippen LogP contribution in [0.3, 0.4) is 0 Å². The van der Waals surface area contributed by atoms with Gasteiger partial charge in [0.25, 0.3) is 0 Å². The number of nitrogens with zero attached hydrogens (tertiary/aromatic N) is 1. The first-order valence-electron chi connectivity index (χ1n) is 4.68. The highest BCUT2D eigenvalue weighted by molar-refractivity contribution is 8.00. The second-order valence-corrected chi connectivity index (χ2v) is 4.44. The van der Waals surface area contributed by atoms with Crippen molar-refractivity contribution in [2.24, 2.45) is 0 Å². The topological polar surface area (TPSA) is 82.4 Å². The Balaban J connectivity index is 2.13. The van der Waals surface area contributed by atoms with Crippen molar-refractivity contribution in [2.75, 3.05) is 31.3 Å². The molecule has 1 saturated heterocycles. The summed E-state index contributed by atoms with van der Waals surface area (Å²) < 4.78 is 5.04. The fourth-order valence-corrected chi connectivity index (χ4v) is 1.72. The molecule has 0 aliphatic carbocycles. The molecule has 15 heavy (non-hydrogen) atoms. The number of aliphatic hydroxyl groups is 1. The van der Waals surface area contributed by atoms with Crippen LogP contribution in [0, 0.1) is 11.3 Å². The van der Waals surface area contributed by atoms with Crippen molar-refractivity contribution in [3.8, 4) is 6.07 Å². The maximum absolute atomic E-state index is 11.2. The first kappa shape index (κ1) is 12.3. The molecule has 0 saturated carbocycles. The number of hydrogen-bond acceptors (Lipinski definition) is 5. The molecule has 0 aromatic rings. The van der Waals surface area contributed by atoms with Crippen molar-refractivity contribution in [1.29, 1.82) is 5.26 Å². The van der Waals surface area contributed by atoms with E-state index < -0.39 is 5.60 Å². The van der Waals surface area contributed by atoms with E-state index in [4.69, 9.17) is 10.00 Å². The van der Waals surface area contributed by atoms with Crippen molar-refractivity contribution in [1.82, 2.24) is 5.32 Å². The number of nitriles is 1. The van der Waals surface area contributed by atoms with Crippen LogP contribution in [0.25, 0.3) is 0 Å². The van der Waals surface area contributed by atoms with E-state index in [9.17, 15) is 9.90 Å². The van der Waals surface area contributed by atoms with Gasteiger partial charge in [-0.15, -0.1) is 11.8 Å². The maximum atomic E-state index is 11.2. The summed E-state index contributed by atoms with van der Waals surface area (Å²) in [5, 5.41) is 20.7. The lowest BCUT2D eigenvalue weighted by Crippen LogP contribution is -2.43. The lowest BCUT2D eigenvalue weighted by molar-refractivity contribution is -0.119. The summed E-state index contributed by atoms with van der Waals surface area (Å²) >= 11 is 1.26. The molecule has 1 rings (SSSR count). The average molecular weight is 230 g/mol. The zero-order valence-electron chi connectivity index (χ0n) is 8.36. The van der Waals surface area contributed by atoms with Gasteiger partial charge >= 0.3 is 0 Å². The molecule has 1 fully saturated rings. The predicted octanol–water partition coefficient (Wildman–Crippen LogP) is -0.489. The van der Waals surface area contributed by atoms with E-state index in [1.165, 1.54) is 11.8 Å². The van der Waals surface area contributed by atoms with Gasteiger partial charge in [-0.05, 0) is 0 Å². The molecule has 0 radical (unpaired) electrons. The fourth-order valence-electron chi connectivity index (χ4n) is 1.24. The summed E-state index contributed by atoms with van der Waals surface area (Å²) in [5.74, 6) is 0.404. The highest BCUT2D eigenvalue weighted by atomic mass is 32.2. The fraction of sp³-hybridized carbons (Fsp3) is 0.778. The van der Waals surface area contributed by atoms with Crippen LogP contribution in [0.4, 0.5) is 0 Å². The number of thioether (sulfide) groups is 1. The van der Waals surface area contributed by atoms with Gasteiger partial charge in [0.1, 0.15) is 5.60 Å². The molecule has 1 heterocycles. The van der Waals surface area contributed by atoms with Gasteiger partial charge in [-0.1, -0.05) is 0 Å². The van der Waals surface area contributed by atoms with Crippen molar-refractivity contribution in [3.63, 3.8) is 0 Å². The van der Waals surface area contributed by atoms with Gasteiger partial charge < -0.3 is 15.2 Å². The minimum atomic E-state index is -0.907. The molecular weight excluding hydrogens is 216 g/mol. The molecule has 1 aliphatic rings. The average Bonchev–Trinajstić information content (AvgIpc) is 2.64. The number of ether oxygens (including phenoxy) is 1. The maximum Gasteiger partial charge on any atom is 0.230 e. The number of carbonyl (C=O) groups is 1. The number of hydrogen-bond donors (Lipinski definition) is 2. The van der Waals surface area contributed by atoms with Crippen LogP contribution in [0.1, 0.15) is 6.42 Å². The molecular formula is C9H14N2O3S. The van der Waals surface area contributed by atoms with Crippen LogP contribution < -0.4 is 5.32 Å². The van der Waals surface area contributed by atoms with Gasteiger partial charge in [0.05, 0.1) is 24.2 Å². The molecule has 0 bridgehead atoms. The van der Waals surface area contributed by atoms with Crippen LogP contribution in [0.15, 0.2) is 0 Å². The van der Waals surface area contributed by atoms with Gasteiger partial charge in [-0.3, -0.25) is 4.79 Å². The van der Waals surface area contributed by atoms with E-state index in [0.29, 0.717) is 18.8 Å². The Bertz CT molecular complexity index is 259. The molecule has 84 valence electrons. The van der Waals surface area contributed by atoms with Gasteiger partial charge in [0.15, 0.2) is 0 Å². The predicted molar refractivity (Wildman–Crippen MR) is 56.3 cm³/mol. The van der Waals surface area contributed by atoms with Crippen molar-refractivity contribution < 1.29 is 14.6 Å². The van der Waals surface area contributed by atoms with Crippen LogP contribution in [-0.4, -0.2) is 47.9 Å². The molecule has 2 N–H and O–H groups in total. The largest absolute Gasteiger partial charge is 0.386 e. The summed E-state index contributed by atoms with van der Waals surface area (Å²) in [7, 11) is 0. The Morgan fingerprint density at radius 3 is 3.13 bits per heavy atom.